The third-order valence-electron chi connectivity index (χ3n) is 1.80. The standard InChI is InChI=1S/C10H7Cl2N3/c11-4-5-15-7-13-10(14-15)8-2-1-3-9(12)6-8/h1-7H. The molecule has 0 N–H and O–H groups in total. The molecule has 76 valence electrons. The molecule has 0 aliphatic rings. The Morgan fingerprint density at radius 2 is 2.20 bits per heavy atom. The molecule has 0 saturated heterocycles. The zero-order valence-corrected chi connectivity index (χ0v) is 9.15. The van der Waals surface area contributed by atoms with E-state index in [4.69, 9.17) is 23.2 Å². The molecule has 0 aliphatic carbocycles. The van der Waals surface area contributed by atoms with E-state index in [9.17, 15) is 0 Å². The molecule has 15 heavy (non-hydrogen) atoms. The van der Waals surface area contributed by atoms with Gasteiger partial charge in [-0.05, 0) is 12.1 Å². The summed E-state index contributed by atoms with van der Waals surface area (Å²) >= 11 is 11.3. The lowest BCUT2D eigenvalue weighted by Gasteiger charge is -1.94. The highest BCUT2D eigenvalue weighted by Crippen LogP contribution is 2.18. The fraction of sp³-hybridized carbons (Fsp3) is 0. The molecule has 1 aromatic heterocycles. The van der Waals surface area contributed by atoms with Crippen molar-refractivity contribution in [1.82, 2.24) is 14.8 Å². The molecule has 0 spiro atoms. The van der Waals surface area contributed by atoms with Gasteiger partial charge in [-0.3, -0.25) is 0 Å². The smallest absolute Gasteiger partial charge is 0.181 e. The molecule has 0 saturated carbocycles. The molecule has 0 fully saturated rings. The van der Waals surface area contributed by atoms with E-state index in [2.05, 4.69) is 10.1 Å². The highest BCUT2D eigenvalue weighted by Gasteiger charge is 2.02. The molecular weight excluding hydrogens is 233 g/mol. The molecule has 0 unspecified atom stereocenters. The van der Waals surface area contributed by atoms with Crippen LogP contribution in [0.2, 0.25) is 5.02 Å². The molecule has 5 heteroatoms. The zero-order valence-electron chi connectivity index (χ0n) is 7.64. The zero-order chi connectivity index (χ0) is 10.7. The highest BCUT2D eigenvalue weighted by molar-refractivity contribution is 6.30. The summed E-state index contributed by atoms with van der Waals surface area (Å²) in [6.07, 6.45) is 3.18. The number of rotatable bonds is 2. The topological polar surface area (TPSA) is 30.7 Å². The number of halogens is 2. The van der Waals surface area contributed by atoms with Crippen molar-refractivity contribution in [2.45, 2.75) is 0 Å². The van der Waals surface area contributed by atoms with Crippen molar-refractivity contribution in [3.8, 4) is 11.4 Å². The van der Waals surface area contributed by atoms with Crippen molar-refractivity contribution in [3.05, 3.63) is 41.2 Å². The first kappa shape index (κ1) is 10.2. The van der Waals surface area contributed by atoms with Gasteiger partial charge in [0.2, 0.25) is 0 Å². The number of hydrogen-bond donors (Lipinski definition) is 0. The average molecular weight is 240 g/mol. The predicted octanol–water partition coefficient (Wildman–Crippen LogP) is 3.27. The van der Waals surface area contributed by atoms with Crippen LogP contribution in [-0.2, 0) is 0 Å². The maximum atomic E-state index is 5.87. The summed E-state index contributed by atoms with van der Waals surface area (Å²) in [5.41, 5.74) is 2.25. The highest BCUT2D eigenvalue weighted by atomic mass is 35.5. The Kier molecular flexibility index (Phi) is 3.04. The van der Waals surface area contributed by atoms with E-state index in [1.165, 1.54) is 10.2 Å². The molecule has 3 nitrogen and oxygen atoms in total. The van der Waals surface area contributed by atoms with E-state index >= 15 is 0 Å². The minimum Gasteiger partial charge on any atom is -0.227 e. The summed E-state index contributed by atoms with van der Waals surface area (Å²) in [6, 6.07) is 7.37. The van der Waals surface area contributed by atoms with Crippen molar-refractivity contribution in [3.63, 3.8) is 0 Å². The van der Waals surface area contributed by atoms with Gasteiger partial charge in [0, 0.05) is 22.3 Å². The average Bonchev–Trinajstić information content (AvgIpc) is 2.67. The van der Waals surface area contributed by atoms with Crippen LogP contribution in [0.25, 0.3) is 17.6 Å². The van der Waals surface area contributed by atoms with Crippen molar-refractivity contribution in [2.75, 3.05) is 0 Å². The summed E-state index contributed by atoms with van der Waals surface area (Å²) in [6.45, 7) is 0. The monoisotopic (exact) mass is 239 g/mol. The van der Waals surface area contributed by atoms with Gasteiger partial charge in [0.15, 0.2) is 5.82 Å². The van der Waals surface area contributed by atoms with E-state index in [0.29, 0.717) is 10.8 Å². The van der Waals surface area contributed by atoms with Crippen molar-refractivity contribution in [1.29, 1.82) is 0 Å². The Morgan fingerprint density at radius 3 is 2.93 bits per heavy atom. The van der Waals surface area contributed by atoms with E-state index < -0.39 is 0 Å². The number of aromatic nitrogens is 3. The van der Waals surface area contributed by atoms with Gasteiger partial charge in [-0.2, -0.15) is 0 Å². The molecule has 0 bridgehead atoms. The van der Waals surface area contributed by atoms with Crippen LogP contribution in [0.4, 0.5) is 0 Å². The van der Waals surface area contributed by atoms with Crippen molar-refractivity contribution >= 4 is 29.4 Å². The van der Waals surface area contributed by atoms with Crippen LogP contribution in [0.1, 0.15) is 0 Å². The van der Waals surface area contributed by atoms with Gasteiger partial charge in [-0.15, -0.1) is 5.10 Å². The lowest BCUT2D eigenvalue weighted by molar-refractivity contribution is 0.938. The number of benzene rings is 1. The molecule has 0 atom stereocenters. The van der Waals surface area contributed by atoms with Crippen LogP contribution in [0.5, 0.6) is 0 Å². The SMILES string of the molecule is ClC=Cn1cnc(-c2cccc(Cl)c2)n1. The van der Waals surface area contributed by atoms with Crippen LogP contribution < -0.4 is 0 Å². The fourth-order valence-electron chi connectivity index (χ4n) is 1.16. The Morgan fingerprint density at radius 1 is 1.33 bits per heavy atom. The summed E-state index contributed by atoms with van der Waals surface area (Å²) < 4.78 is 1.53. The van der Waals surface area contributed by atoms with E-state index in [-0.39, 0.29) is 0 Å². The van der Waals surface area contributed by atoms with E-state index in [1.54, 1.807) is 18.6 Å². The van der Waals surface area contributed by atoms with Gasteiger partial charge in [-0.25, -0.2) is 9.67 Å². The van der Waals surface area contributed by atoms with E-state index in [0.717, 1.165) is 5.56 Å². The lowest BCUT2D eigenvalue weighted by atomic mass is 10.2. The predicted molar refractivity (Wildman–Crippen MR) is 61.7 cm³/mol. The third kappa shape index (κ3) is 2.37. The Labute approximate surface area is 97.0 Å². The second kappa shape index (κ2) is 4.47. The first-order valence-electron chi connectivity index (χ1n) is 4.23. The fourth-order valence-corrected chi connectivity index (χ4v) is 1.47. The van der Waals surface area contributed by atoms with Gasteiger partial charge < -0.3 is 0 Å². The molecule has 0 radical (unpaired) electrons. The van der Waals surface area contributed by atoms with Crippen molar-refractivity contribution in [2.24, 2.45) is 0 Å². The van der Waals surface area contributed by atoms with Gasteiger partial charge in [0.05, 0.1) is 0 Å². The Balaban J connectivity index is 2.37. The Bertz CT molecular complexity index is 491. The van der Waals surface area contributed by atoms with Crippen LogP contribution in [0.15, 0.2) is 36.1 Å². The second-order valence-electron chi connectivity index (χ2n) is 2.83. The minimum atomic E-state index is 0.618. The molecule has 1 aromatic carbocycles. The quantitative estimate of drug-likeness (QED) is 0.806. The molecule has 1 heterocycles. The maximum Gasteiger partial charge on any atom is 0.181 e. The summed E-state index contributed by atoms with van der Waals surface area (Å²) in [7, 11) is 0. The van der Waals surface area contributed by atoms with Gasteiger partial charge in [0.25, 0.3) is 0 Å². The van der Waals surface area contributed by atoms with Crippen molar-refractivity contribution < 1.29 is 0 Å². The second-order valence-corrected chi connectivity index (χ2v) is 3.52. The maximum absolute atomic E-state index is 5.87. The molecule has 2 rings (SSSR count). The van der Waals surface area contributed by atoms with Crippen LogP contribution in [-0.4, -0.2) is 14.8 Å². The third-order valence-corrected chi connectivity index (χ3v) is 2.15. The number of nitrogens with zero attached hydrogens (tertiary/aromatic N) is 3. The lowest BCUT2D eigenvalue weighted by Crippen LogP contribution is -1.86. The van der Waals surface area contributed by atoms with Crippen LogP contribution in [0, 0.1) is 0 Å². The summed E-state index contributed by atoms with van der Waals surface area (Å²) in [5, 5.41) is 4.85. The summed E-state index contributed by atoms with van der Waals surface area (Å²) in [4.78, 5) is 4.13. The normalized spacial score (nSPS) is 11.1. The largest absolute Gasteiger partial charge is 0.227 e. The number of hydrogen-bond acceptors (Lipinski definition) is 2. The van der Waals surface area contributed by atoms with Crippen LogP contribution >= 0.6 is 23.2 Å². The summed E-state index contributed by atoms with van der Waals surface area (Å²) in [5.74, 6) is 0.618. The molecule has 0 amide bonds. The van der Waals surface area contributed by atoms with E-state index in [1.807, 2.05) is 18.2 Å². The molecular formula is C10H7Cl2N3. The van der Waals surface area contributed by atoms with Gasteiger partial charge >= 0.3 is 0 Å². The van der Waals surface area contributed by atoms with Crippen LogP contribution in [0.3, 0.4) is 0 Å². The first-order valence-corrected chi connectivity index (χ1v) is 5.05. The Hall–Kier alpha value is -1.32. The van der Waals surface area contributed by atoms with Gasteiger partial charge in [-0.1, -0.05) is 35.3 Å². The molecule has 0 aliphatic heterocycles. The first-order chi connectivity index (χ1) is 7.29. The molecule has 2 aromatic rings. The van der Waals surface area contributed by atoms with Gasteiger partial charge in [0.1, 0.15) is 6.33 Å². The minimum absolute atomic E-state index is 0.618.